The molecule has 0 saturated carbocycles. The molecule has 4 nitrogen and oxygen atoms in total. The number of nitrogens with zero attached hydrogens (tertiary/aromatic N) is 1. The summed E-state index contributed by atoms with van der Waals surface area (Å²) in [5.41, 5.74) is 0.642. The number of halogens is 1. The van der Waals surface area contributed by atoms with E-state index < -0.39 is 0 Å². The summed E-state index contributed by atoms with van der Waals surface area (Å²) >= 11 is 6.13. The second-order valence-corrected chi connectivity index (χ2v) is 5.45. The van der Waals surface area contributed by atoms with Gasteiger partial charge in [-0.05, 0) is 37.1 Å². The molecular formula is C17H20ClNO3. The van der Waals surface area contributed by atoms with Crippen molar-refractivity contribution in [3.8, 4) is 5.75 Å². The van der Waals surface area contributed by atoms with Crippen molar-refractivity contribution in [3.05, 3.63) is 35.5 Å². The quantitative estimate of drug-likeness (QED) is 0.710. The van der Waals surface area contributed by atoms with Crippen molar-refractivity contribution in [1.82, 2.24) is 4.98 Å². The Morgan fingerprint density at radius 3 is 2.86 bits per heavy atom. The van der Waals surface area contributed by atoms with Crippen LogP contribution in [-0.2, 0) is 9.53 Å². The smallest absolute Gasteiger partial charge is 0.344 e. The number of esters is 1. The molecule has 118 valence electrons. The molecule has 0 spiro atoms. The molecule has 0 saturated heterocycles. The average Bonchev–Trinajstić information content (AvgIpc) is 2.54. The third-order valence-electron chi connectivity index (χ3n) is 3.39. The fraction of sp³-hybridized carbons (Fsp3) is 0.412. The maximum absolute atomic E-state index is 11.9. The second kappa shape index (κ2) is 7.99. The zero-order valence-corrected chi connectivity index (χ0v) is 13.6. The Labute approximate surface area is 135 Å². The number of carbonyl (C=O) groups excluding carboxylic acids is 1. The van der Waals surface area contributed by atoms with Gasteiger partial charge in [-0.1, -0.05) is 31.9 Å². The third-order valence-corrected chi connectivity index (χ3v) is 3.72. The van der Waals surface area contributed by atoms with E-state index in [-0.39, 0.29) is 18.7 Å². The molecule has 0 amide bonds. The number of carbonyl (C=O) groups is 1. The molecule has 1 atom stereocenters. The highest BCUT2D eigenvalue weighted by molar-refractivity contribution is 6.35. The number of hydrogen-bond donors (Lipinski definition) is 0. The molecule has 0 aliphatic rings. The van der Waals surface area contributed by atoms with Crippen molar-refractivity contribution in [1.29, 1.82) is 0 Å². The van der Waals surface area contributed by atoms with Crippen LogP contribution in [0.1, 0.15) is 33.1 Å². The van der Waals surface area contributed by atoms with E-state index >= 15 is 0 Å². The summed E-state index contributed by atoms with van der Waals surface area (Å²) < 4.78 is 11.0. The molecule has 1 heterocycles. The van der Waals surface area contributed by atoms with Crippen molar-refractivity contribution in [2.75, 3.05) is 6.61 Å². The van der Waals surface area contributed by atoms with E-state index in [2.05, 4.69) is 11.9 Å². The van der Waals surface area contributed by atoms with Crippen molar-refractivity contribution in [2.24, 2.45) is 0 Å². The van der Waals surface area contributed by atoms with Crippen molar-refractivity contribution < 1.29 is 14.3 Å². The van der Waals surface area contributed by atoms with Crippen molar-refractivity contribution in [2.45, 2.75) is 39.2 Å². The molecule has 1 unspecified atom stereocenters. The number of benzene rings is 1. The number of aromatic nitrogens is 1. The summed E-state index contributed by atoms with van der Waals surface area (Å²) in [4.78, 5) is 16.1. The van der Waals surface area contributed by atoms with Gasteiger partial charge in [0.15, 0.2) is 6.61 Å². The lowest BCUT2D eigenvalue weighted by atomic mass is 10.2. The standard InChI is InChI=1S/C17H20ClNO3/c1-3-6-12(4-2)22-16(20)11-21-15-9-8-14(18)13-7-5-10-19-17(13)15/h5,7-10,12H,3-4,6,11H2,1-2H3. The molecule has 0 radical (unpaired) electrons. The lowest BCUT2D eigenvalue weighted by molar-refractivity contribution is -0.151. The SMILES string of the molecule is CCCC(CC)OC(=O)COc1ccc(Cl)c2cccnc12. The van der Waals surface area contributed by atoms with E-state index in [0.29, 0.717) is 16.3 Å². The van der Waals surface area contributed by atoms with Gasteiger partial charge >= 0.3 is 5.97 Å². The number of ether oxygens (including phenoxy) is 2. The Bertz CT molecular complexity index is 645. The van der Waals surface area contributed by atoms with Crippen LogP contribution in [0.2, 0.25) is 5.02 Å². The Morgan fingerprint density at radius 2 is 2.14 bits per heavy atom. The van der Waals surface area contributed by atoms with E-state index in [1.807, 2.05) is 19.1 Å². The molecule has 1 aromatic carbocycles. The minimum absolute atomic E-state index is 0.0406. The summed E-state index contributed by atoms with van der Waals surface area (Å²) in [6, 6.07) is 7.12. The third kappa shape index (κ3) is 4.10. The number of pyridine rings is 1. The first kappa shape index (κ1) is 16.6. The van der Waals surface area contributed by atoms with Gasteiger partial charge in [-0.15, -0.1) is 0 Å². The van der Waals surface area contributed by atoms with E-state index in [1.165, 1.54) is 0 Å². The van der Waals surface area contributed by atoms with Gasteiger partial charge in [-0.2, -0.15) is 0 Å². The van der Waals surface area contributed by atoms with Crippen LogP contribution in [0, 0.1) is 0 Å². The molecule has 5 heteroatoms. The van der Waals surface area contributed by atoms with Gasteiger partial charge in [-0.3, -0.25) is 4.98 Å². The fourth-order valence-electron chi connectivity index (χ4n) is 2.25. The highest BCUT2D eigenvalue weighted by Gasteiger charge is 2.14. The van der Waals surface area contributed by atoms with Crippen molar-refractivity contribution >= 4 is 28.5 Å². The van der Waals surface area contributed by atoms with Crippen LogP contribution in [0.5, 0.6) is 5.75 Å². The van der Waals surface area contributed by atoms with Gasteiger partial charge in [0.05, 0.1) is 5.02 Å². The molecular weight excluding hydrogens is 302 g/mol. The van der Waals surface area contributed by atoms with Gasteiger partial charge in [0, 0.05) is 11.6 Å². The molecule has 0 fully saturated rings. The van der Waals surface area contributed by atoms with Gasteiger partial charge in [0.1, 0.15) is 17.4 Å². The van der Waals surface area contributed by atoms with Crippen LogP contribution in [0.3, 0.4) is 0 Å². The summed E-state index contributed by atoms with van der Waals surface area (Å²) in [5, 5.41) is 1.40. The van der Waals surface area contributed by atoms with Crippen molar-refractivity contribution in [3.63, 3.8) is 0 Å². The van der Waals surface area contributed by atoms with E-state index in [1.54, 1.807) is 18.3 Å². The monoisotopic (exact) mass is 321 g/mol. The summed E-state index contributed by atoms with van der Waals surface area (Å²) in [5.74, 6) is 0.167. The minimum atomic E-state index is -0.362. The van der Waals surface area contributed by atoms with Crippen LogP contribution >= 0.6 is 11.6 Å². The van der Waals surface area contributed by atoms with E-state index in [0.717, 1.165) is 24.6 Å². The Hall–Kier alpha value is -1.81. The molecule has 0 aliphatic carbocycles. The maximum atomic E-state index is 11.9. The first-order valence-electron chi connectivity index (χ1n) is 7.51. The Morgan fingerprint density at radius 1 is 1.32 bits per heavy atom. The summed E-state index contributed by atoms with van der Waals surface area (Å²) in [7, 11) is 0. The molecule has 0 aliphatic heterocycles. The largest absolute Gasteiger partial charge is 0.480 e. The van der Waals surface area contributed by atoms with E-state index in [4.69, 9.17) is 21.1 Å². The van der Waals surface area contributed by atoms with Crippen LogP contribution in [0.25, 0.3) is 10.9 Å². The molecule has 2 aromatic rings. The zero-order valence-electron chi connectivity index (χ0n) is 12.8. The Kier molecular flexibility index (Phi) is 6.01. The number of hydrogen-bond acceptors (Lipinski definition) is 4. The summed E-state index contributed by atoms with van der Waals surface area (Å²) in [6.07, 6.45) is 4.29. The normalized spacial score (nSPS) is 12.1. The van der Waals surface area contributed by atoms with Crippen LogP contribution in [0.15, 0.2) is 30.5 Å². The van der Waals surface area contributed by atoms with Gasteiger partial charge in [0.2, 0.25) is 0 Å². The Balaban J connectivity index is 2.03. The first-order valence-corrected chi connectivity index (χ1v) is 7.89. The molecule has 2 rings (SSSR count). The first-order chi connectivity index (χ1) is 10.7. The predicted molar refractivity (Wildman–Crippen MR) is 87.3 cm³/mol. The van der Waals surface area contributed by atoms with Crippen LogP contribution < -0.4 is 4.74 Å². The number of fused-ring (bicyclic) bond motifs is 1. The highest BCUT2D eigenvalue weighted by atomic mass is 35.5. The van der Waals surface area contributed by atoms with Gasteiger partial charge in [-0.25, -0.2) is 4.79 Å². The molecule has 0 N–H and O–H groups in total. The molecule has 22 heavy (non-hydrogen) atoms. The van der Waals surface area contributed by atoms with Crippen LogP contribution in [-0.4, -0.2) is 23.7 Å². The van der Waals surface area contributed by atoms with Crippen LogP contribution in [0.4, 0.5) is 0 Å². The number of rotatable bonds is 7. The lowest BCUT2D eigenvalue weighted by Crippen LogP contribution is -2.22. The minimum Gasteiger partial charge on any atom is -0.480 e. The van der Waals surface area contributed by atoms with Gasteiger partial charge in [0.25, 0.3) is 0 Å². The summed E-state index contributed by atoms with van der Waals surface area (Å²) in [6.45, 7) is 3.94. The topological polar surface area (TPSA) is 48.4 Å². The van der Waals surface area contributed by atoms with Gasteiger partial charge < -0.3 is 9.47 Å². The molecule has 0 bridgehead atoms. The average molecular weight is 322 g/mol. The second-order valence-electron chi connectivity index (χ2n) is 5.04. The predicted octanol–water partition coefficient (Wildman–Crippen LogP) is 4.39. The lowest BCUT2D eigenvalue weighted by Gasteiger charge is -2.15. The van der Waals surface area contributed by atoms with E-state index in [9.17, 15) is 4.79 Å². The zero-order chi connectivity index (χ0) is 15.9. The highest BCUT2D eigenvalue weighted by Crippen LogP contribution is 2.29. The molecule has 1 aromatic heterocycles. The maximum Gasteiger partial charge on any atom is 0.344 e. The fourth-order valence-corrected chi connectivity index (χ4v) is 2.47.